The normalized spacial score (nSPS) is 22.6. The maximum absolute atomic E-state index is 12.0. The van der Waals surface area contributed by atoms with Crippen molar-refractivity contribution in [3.8, 4) is 0 Å². The smallest absolute Gasteiger partial charge is 0.265 e. The lowest BCUT2D eigenvalue weighted by Gasteiger charge is -2.15. The molecule has 1 saturated heterocycles. The molecule has 0 bridgehead atoms. The molecule has 0 saturated carbocycles. The molecule has 2 rings (SSSR count). The molecule has 1 heterocycles. The van der Waals surface area contributed by atoms with Gasteiger partial charge in [-0.2, -0.15) is 8.42 Å². The van der Waals surface area contributed by atoms with E-state index in [2.05, 4.69) is 13.8 Å². The summed E-state index contributed by atoms with van der Waals surface area (Å²) >= 11 is 3.62. The fourth-order valence-electron chi connectivity index (χ4n) is 1.78. The van der Waals surface area contributed by atoms with Crippen molar-refractivity contribution < 1.29 is 12.6 Å². The maximum atomic E-state index is 12.0. The molecule has 1 unspecified atom stereocenters. The third-order valence-electron chi connectivity index (χ3n) is 2.79. The van der Waals surface area contributed by atoms with Crippen LogP contribution in [0.25, 0.3) is 0 Å². The highest BCUT2D eigenvalue weighted by Crippen LogP contribution is 2.47. The quantitative estimate of drug-likeness (QED) is 0.797. The summed E-state index contributed by atoms with van der Waals surface area (Å²) in [6.45, 7) is 6.47. The van der Waals surface area contributed by atoms with Crippen molar-refractivity contribution in [2.75, 3.05) is 12.4 Å². The number of hydrogen-bond donors (Lipinski definition) is 0. The Morgan fingerprint density at radius 3 is 2.47 bits per heavy atom. The van der Waals surface area contributed by atoms with Crippen LogP contribution in [-0.2, 0) is 14.3 Å². The van der Waals surface area contributed by atoms with Gasteiger partial charge in [-0.05, 0) is 32.9 Å². The van der Waals surface area contributed by atoms with Gasteiger partial charge in [0.2, 0.25) is 0 Å². The summed E-state index contributed by atoms with van der Waals surface area (Å²) in [7, 11) is -3.62. The fraction of sp³-hybridized carbons (Fsp3) is 0.538. The molecule has 3 nitrogen and oxygen atoms in total. The summed E-state index contributed by atoms with van der Waals surface area (Å²) in [5.74, 6) is 0.932. The topological polar surface area (TPSA) is 43.4 Å². The highest BCUT2D eigenvalue weighted by atomic mass is 32.2. The van der Waals surface area contributed by atoms with Crippen molar-refractivity contribution in [3.05, 3.63) is 29.8 Å². The van der Waals surface area contributed by atoms with E-state index in [1.165, 1.54) is 0 Å². The first-order chi connectivity index (χ1) is 8.78. The predicted molar refractivity (Wildman–Crippen MR) is 82.2 cm³/mol. The van der Waals surface area contributed by atoms with E-state index < -0.39 is 10.1 Å². The van der Waals surface area contributed by atoms with Crippen LogP contribution in [0.1, 0.15) is 19.4 Å². The SMILES string of the molecule is Cc1ccc(S(=O)(=O)OCC2CSC(C)(C)S2)cc1. The average Bonchev–Trinajstić information content (AvgIpc) is 2.67. The largest absolute Gasteiger partial charge is 0.297 e. The van der Waals surface area contributed by atoms with Gasteiger partial charge in [-0.15, -0.1) is 23.5 Å². The molecule has 19 heavy (non-hydrogen) atoms. The molecule has 0 spiro atoms. The highest BCUT2D eigenvalue weighted by Gasteiger charge is 2.33. The second-order valence-electron chi connectivity index (χ2n) is 5.00. The Kier molecular flexibility index (Phi) is 4.55. The minimum absolute atomic E-state index is 0.154. The number of rotatable bonds is 4. The minimum atomic E-state index is -3.62. The van der Waals surface area contributed by atoms with E-state index in [-0.39, 0.29) is 20.8 Å². The van der Waals surface area contributed by atoms with E-state index in [9.17, 15) is 8.42 Å². The van der Waals surface area contributed by atoms with Crippen LogP contribution >= 0.6 is 23.5 Å². The Hall–Kier alpha value is -0.170. The molecule has 0 aromatic heterocycles. The van der Waals surface area contributed by atoms with Crippen LogP contribution in [0.5, 0.6) is 0 Å². The Morgan fingerprint density at radius 1 is 1.32 bits per heavy atom. The summed E-state index contributed by atoms with van der Waals surface area (Å²) in [4.78, 5) is 0.230. The zero-order valence-electron chi connectivity index (χ0n) is 11.3. The second kappa shape index (κ2) is 5.68. The summed E-state index contributed by atoms with van der Waals surface area (Å²) in [6.07, 6.45) is 0. The van der Waals surface area contributed by atoms with E-state index in [1.807, 2.05) is 18.7 Å². The van der Waals surface area contributed by atoms with Crippen molar-refractivity contribution in [2.45, 2.75) is 35.0 Å². The van der Waals surface area contributed by atoms with Gasteiger partial charge in [-0.3, -0.25) is 4.18 Å². The molecule has 1 aromatic carbocycles. The van der Waals surface area contributed by atoms with Gasteiger partial charge in [-0.1, -0.05) is 17.7 Å². The first-order valence-corrected chi connectivity index (χ1v) is 9.34. The van der Waals surface area contributed by atoms with Gasteiger partial charge in [0.1, 0.15) is 0 Å². The van der Waals surface area contributed by atoms with Crippen LogP contribution < -0.4 is 0 Å². The first-order valence-electron chi connectivity index (χ1n) is 6.06. The van der Waals surface area contributed by atoms with Crippen LogP contribution in [0, 0.1) is 6.92 Å². The first kappa shape index (κ1) is 15.2. The highest BCUT2D eigenvalue weighted by molar-refractivity contribution is 8.21. The number of thioether (sulfide) groups is 2. The molecular weight excluding hydrogens is 300 g/mol. The number of hydrogen-bond acceptors (Lipinski definition) is 5. The van der Waals surface area contributed by atoms with Crippen LogP contribution in [0.2, 0.25) is 0 Å². The molecule has 1 aliphatic rings. The molecule has 0 aliphatic carbocycles. The van der Waals surface area contributed by atoms with Gasteiger partial charge in [0, 0.05) is 11.0 Å². The lowest BCUT2D eigenvalue weighted by molar-refractivity contribution is 0.323. The van der Waals surface area contributed by atoms with Gasteiger partial charge >= 0.3 is 0 Å². The lowest BCUT2D eigenvalue weighted by Crippen LogP contribution is -2.17. The second-order valence-corrected chi connectivity index (χ2v) is 10.4. The minimum Gasteiger partial charge on any atom is -0.265 e. The molecule has 1 aliphatic heterocycles. The average molecular weight is 318 g/mol. The summed E-state index contributed by atoms with van der Waals surface area (Å²) in [5.41, 5.74) is 1.03. The number of benzene rings is 1. The fourth-order valence-corrected chi connectivity index (χ4v) is 5.80. The van der Waals surface area contributed by atoms with E-state index in [1.54, 1.807) is 36.0 Å². The predicted octanol–water partition coefficient (Wildman–Crippen LogP) is 3.29. The summed E-state index contributed by atoms with van der Waals surface area (Å²) < 4.78 is 29.4. The molecule has 0 N–H and O–H groups in total. The Morgan fingerprint density at radius 2 is 1.95 bits per heavy atom. The van der Waals surface area contributed by atoms with E-state index in [0.29, 0.717) is 0 Å². The van der Waals surface area contributed by atoms with Gasteiger partial charge in [0.25, 0.3) is 10.1 Å². The van der Waals surface area contributed by atoms with Gasteiger partial charge in [-0.25, -0.2) is 0 Å². The lowest BCUT2D eigenvalue weighted by atomic mass is 10.2. The zero-order chi connectivity index (χ0) is 14.1. The van der Waals surface area contributed by atoms with E-state index >= 15 is 0 Å². The molecule has 0 amide bonds. The molecule has 106 valence electrons. The van der Waals surface area contributed by atoms with Crippen molar-refractivity contribution in [3.63, 3.8) is 0 Å². The summed E-state index contributed by atoms with van der Waals surface area (Å²) in [5, 5.41) is 0.236. The van der Waals surface area contributed by atoms with Crippen molar-refractivity contribution in [1.82, 2.24) is 0 Å². The molecule has 0 radical (unpaired) electrons. The van der Waals surface area contributed by atoms with Crippen LogP contribution in [0.4, 0.5) is 0 Å². The molecule has 1 atom stereocenters. The van der Waals surface area contributed by atoms with Crippen LogP contribution in [-0.4, -0.2) is 30.1 Å². The molecular formula is C13H18O3S3. The maximum Gasteiger partial charge on any atom is 0.297 e. The van der Waals surface area contributed by atoms with Gasteiger partial charge < -0.3 is 0 Å². The number of aryl methyl sites for hydroxylation is 1. The molecule has 1 aromatic rings. The zero-order valence-corrected chi connectivity index (χ0v) is 13.7. The van der Waals surface area contributed by atoms with Crippen LogP contribution in [0.15, 0.2) is 29.2 Å². The van der Waals surface area contributed by atoms with E-state index in [4.69, 9.17) is 4.18 Å². The Bertz CT molecular complexity index is 535. The Balaban J connectivity index is 1.97. The third kappa shape index (κ3) is 4.15. The summed E-state index contributed by atoms with van der Waals surface area (Å²) in [6, 6.07) is 6.73. The van der Waals surface area contributed by atoms with Gasteiger partial charge in [0.15, 0.2) is 0 Å². The third-order valence-corrected chi connectivity index (χ3v) is 7.40. The monoisotopic (exact) mass is 318 g/mol. The standard InChI is InChI=1S/C13H18O3S3/c1-10-4-6-12(7-5-10)19(14,15)16-8-11-9-17-13(2,3)18-11/h4-7,11H,8-9H2,1-3H3. The van der Waals surface area contributed by atoms with E-state index in [0.717, 1.165) is 11.3 Å². The van der Waals surface area contributed by atoms with Crippen molar-refractivity contribution in [1.29, 1.82) is 0 Å². The Labute approximate surface area is 123 Å². The van der Waals surface area contributed by atoms with Gasteiger partial charge in [0.05, 0.1) is 15.6 Å². The molecule has 6 heteroatoms. The molecule has 1 fully saturated rings. The van der Waals surface area contributed by atoms with Crippen LogP contribution in [0.3, 0.4) is 0 Å². The van der Waals surface area contributed by atoms with Crippen molar-refractivity contribution in [2.24, 2.45) is 0 Å². The van der Waals surface area contributed by atoms with Crippen molar-refractivity contribution >= 4 is 33.6 Å².